The second-order valence-corrected chi connectivity index (χ2v) is 3.90. The number of furan rings is 1. The van der Waals surface area contributed by atoms with Gasteiger partial charge in [0.2, 0.25) is 0 Å². The molecule has 15 heavy (non-hydrogen) atoms. The van der Waals surface area contributed by atoms with Gasteiger partial charge in [0.05, 0.1) is 24.5 Å². The van der Waals surface area contributed by atoms with Crippen LogP contribution < -0.4 is 5.32 Å². The maximum Gasteiger partial charge on any atom is 0.255 e. The Kier molecular flexibility index (Phi) is 3.91. The highest BCUT2D eigenvalue weighted by atomic mass is 16.3. The standard InChI is InChI=1S/C11H17NO3/c1-7(2)10(6-13)12-11(14)9-4-5-15-8(9)3/h4-5,7,10,13H,6H2,1-3H3,(H,12,14)/t10-/m1/s1. The summed E-state index contributed by atoms with van der Waals surface area (Å²) in [5.74, 6) is 0.591. The Morgan fingerprint density at radius 1 is 1.60 bits per heavy atom. The number of hydrogen-bond acceptors (Lipinski definition) is 3. The molecule has 1 aromatic rings. The average Bonchev–Trinajstić information content (AvgIpc) is 2.60. The zero-order chi connectivity index (χ0) is 11.4. The fraction of sp³-hybridized carbons (Fsp3) is 0.545. The summed E-state index contributed by atoms with van der Waals surface area (Å²) in [6.45, 7) is 5.57. The topological polar surface area (TPSA) is 62.5 Å². The number of amides is 1. The second-order valence-electron chi connectivity index (χ2n) is 3.90. The zero-order valence-corrected chi connectivity index (χ0v) is 9.28. The van der Waals surface area contributed by atoms with E-state index in [1.54, 1.807) is 13.0 Å². The second kappa shape index (κ2) is 4.98. The predicted octanol–water partition coefficient (Wildman–Crippen LogP) is 1.33. The summed E-state index contributed by atoms with van der Waals surface area (Å²) in [5, 5.41) is 11.8. The highest BCUT2D eigenvalue weighted by Crippen LogP contribution is 2.09. The van der Waals surface area contributed by atoms with Gasteiger partial charge >= 0.3 is 0 Å². The Balaban J connectivity index is 2.67. The predicted molar refractivity (Wildman–Crippen MR) is 56.6 cm³/mol. The molecule has 2 N–H and O–H groups in total. The molecule has 0 aliphatic rings. The van der Waals surface area contributed by atoms with Crippen molar-refractivity contribution in [2.45, 2.75) is 26.8 Å². The van der Waals surface area contributed by atoms with E-state index >= 15 is 0 Å². The van der Waals surface area contributed by atoms with E-state index in [4.69, 9.17) is 9.52 Å². The van der Waals surface area contributed by atoms with Crippen LogP contribution in [0.3, 0.4) is 0 Å². The first-order valence-corrected chi connectivity index (χ1v) is 5.02. The van der Waals surface area contributed by atoms with Crippen LogP contribution in [-0.2, 0) is 0 Å². The summed E-state index contributed by atoms with van der Waals surface area (Å²) < 4.78 is 5.04. The molecule has 4 nitrogen and oxygen atoms in total. The average molecular weight is 211 g/mol. The maximum absolute atomic E-state index is 11.7. The Bertz CT molecular complexity index is 330. The Hall–Kier alpha value is -1.29. The molecule has 4 heteroatoms. The summed E-state index contributed by atoms with van der Waals surface area (Å²) in [5.41, 5.74) is 0.522. The van der Waals surface area contributed by atoms with Crippen molar-refractivity contribution in [3.63, 3.8) is 0 Å². The fourth-order valence-corrected chi connectivity index (χ4v) is 1.29. The van der Waals surface area contributed by atoms with Gasteiger partial charge in [-0.3, -0.25) is 4.79 Å². The summed E-state index contributed by atoms with van der Waals surface area (Å²) in [6, 6.07) is 1.41. The summed E-state index contributed by atoms with van der Waals surface area (Å²) in [7, 11) is 0. The van der Waals surface area contributed by atoms with E-state index in [-0.39, 0.29) is 24.5 Å². The van der Waals surface area contributed by atoms with E-state index in [9.17, 15) is 4.79 Å². The van der Waals surface area contributed by atoms with Crippen molar-refractivity contribution in [2.24, 2.45) is 5.92 Å². The lowest BCUT2D eigenvalue weighted by Gasteiger charge is -2.19. The van der Waals surface area contributed by atoms with Crippen LogP contribution in [0, 0.1) is 12.8 Å². The largest absolute Gasteiger partial charge is 0.469 e. The van der Waals surface area contributed by atoms with Crippen LogP contribution in [0.4, 0.5) is 0 Å². The molecule has 1 atom stereocenters. The van der Waals surface area contributed by atoms with Crippen LogP contribution in [-0.4, -0.2) is 23.7 Å². The monoisotopic (exact) mass is 211 g/mol. The van der Waals surface area contributed by atoms with Crippen molar-refractivity contribution in [3.05, 3.63) is 23.7 Å². The van der Waals surface area contributed by atoms with Gasteiger partial charge in [-0.1, -0.05) is 13.8 Å². The highest BCUT2D eigenvalue weighted by Gasteiger charge is 2.18. The molecule has 0 fully saturated rings. The van der Waals surface area contributed by atoms with E-state index in [2.05, 4.69) is 5.32 Å². The smallest absolute Gasteiger partial charge is 0.255 e. The third kappa shape index (κ3) is 2.83. The number of carbonyl (C=O) groups excluding carboxylic acids is 1. The molecule has 1 heterocycles. The van der Waals surface area contributed by atoms with Gasteiger partial charge in [-0.25, -0.2) is 0 Å². The Labute approximate surface area is 89.3 Å². The minimum absolute atomic E-state index is 0.0553. The third-order valence-corrected chi connectivity index (χ3v) is 2.42. The van der Waals surface area contributed by atoms with Gasteiger partial charge in [0, 0.05) is 0 Å². The van der Waals surface area contributed by atoms with E-state index in [0.717, 1.165) is 0 Å². The first-order chi connectivity index (χ1) is 7.06. The van der Waals surface area contributed by atoms with Gasteiger partial charge in [-0.2, -0.15) is 0 Å². The van der Waals surface area contributed by atoms with Crippen LogP contribution in [0.2, 0.25) is 0 Å². The number of rotatable bonds is 4. The number of aliphatic hydroxyl groups is 1. The van der Waals surface area contributed by atoms with Crippen LogP contribution in [0.1, 0.15) is 30.0 Å². The van der Waals surface area contributed by atoms with Gasteiger partial charge < -0.3 is 14.8 Å². The molecule has 0 aliphatic heterocycles. The van der Waals surface area contributed by atoms with Crippen molar-refractivity contribution >= 4 is 5.91 Å². The molecule has 84 valence electrons. The molecule has 1 amide bonds. The quantitative estimate of drug-likeness (QED) is 0.789. The summed E-state index contributed by atoms with van der Waals surface area (Å²) >= 11 is 0. The van der Waals surface area contributed by atoms with Crippen molar-refractivity contribution in [1.82, 2.24) is 5.32 Å². The highest BCUT2D eigenvalue weighted by molar-refractivity contribution is 5.95. The molecular weight excluding hydrogens is 194 g/mol. The molecule has 0 radical (unpaired) electrons. The summed E-state index contributed by atoms with van der Waals surface area (Å²) in [6.07, 6.45) is 1.48. The van der Waals surface area contributed by atoms with Crippen molar-refractivity contribution in [2.75, 3.05) is 6.61 Å². The Morgan fingerprint density at radius 3 is 2.67 bits per heavy atom. The van der Waals surface area contributed by atoms with Crippen LogP contribution in [0.25, 0.3) is 0 Å². The molecule has 1 aromatic heterocycles. The van der Waals surface area contributed by atoms with Crippen molar-refractivity contribution < 1.29 is 14.3 Å². The van der Waals surface area contributed by atoms with Gasteiger partial charge in [0.15, 0.2) is 0 Å². The first kappa shape index (κ1) is 11.8. The SMILES string of the molecule is Cc1occc1C(=O)N[C@H](CO)C(C)C. The van der Waals surface area contributed by atoms with Gasteiger partial charge in [0.25, 0.3) is 5.91 Å². The fourth-order valence-electron chi connectivity index (χ4n) is 1.29. The zero-order valence-electron chi connectivity index (χ0n) is 9.28. The van der Waals surface area contributed by atoms with Gasteiger partial charge in [-0.05, 0) is 18.9 Å². The third-order valence-electron chi connectivity index (χ3n) is 2.42. The number of hydrogen-bond donors (Lipinski definition) is 2. The van der Waals surface area contributed by atoms with E-state index in [0.29, 0.717) is 11.3 Å². The molecule has 1 rings (SSSR count). The number of aliphatic hydroxyl groups excluding tert-OH is 1. The Morgan fingerprint density at radius 2 is 2.27 bits per heavy atom. The molecule has 0 saturated heterocycles. The van der Waals surface area contributed by atoms with Crippen molar-refractivity contribution in [3.8, 4) is 0 Å². The first-order valence-electron chi connectivity index (χ1n) is 5.02. The van der Waals surface area contributed by atoms with Gasteiger partial charge in [-0.15, -0.1) is 0 Å². The van der Waals surface area contributed by atoms with E-state index in [1.165, 1.54) is 6.26 Å². The van der Waals surface area contributed by atoms with Crippen LogP contribution in [0.5, 0.6) is 0 Å². The van der Waals surface area contributed by atoms with E-state index in [1.807, 2.05) is 13.8 Å². The summed E-state index contributed by atoms with van der Waals surface area (Å²) in [4.78, 5) is 11.7. The number of aryl methyl sites for hydroxylation is 1. The molecule has 0 aromatic carbocycles. The normalized spacial score (nSPS) is 12.9. The lowest BCUT2D eigenvalue weighted by atomic mass is 10.0. The minimum Gasteiger partial charge on any atom is -0.469 e. The van der Waals surface area contributed by atoms with E-state index < -0.39 is 0 Å². The lowest BCUT2D eigenvalue weighted by molar-refractivity contribution is 0.0895. The van der Waals surface area contributed by atoms with Crippen LogP contribution in [0.15, 0.2) is 16.7 Å². The molecule has 0 unspecified atom stereocenters. The molecular formula is C11H17NO3. The minimum atomic E-state index is -0.216. The van der Waals surface area contributed by atoms with Gasteiger partial charge in [0.1, 0.15) is 5.76 Å². The molecule has 0 aliphatic carbocycles. The van der Waals surface area contributed by atoms with Crippen LogP contribution >= 0.6 is 0 Å². The molecule has 0 spiro atoms. The number of carbonyl (C=O) groups is 1. The lowest BCUT2D eigenvalue weighted by Crippen LogP contribution is -2.41. The van der Waals surface area contributed by atoms with Crippen molar-refractivity contribution in [1.29, 1.82) is 0 Å². The molecule has 0 saturated carbocycles. The molecule has 0 bridgehead atoms. The maximum atomic E-state index is 11.7. The number of nitrogens with one attached hydrogen (secondary N) is 1.